The van der Waals surface area contributed by atoms with Gasteiger partial charge in [0.15, 0.2) is 0 Å². The van der Waals surface area contributed by atoms with Crippen LogP contribution in [0.1, 0.15) is 36.2 Å². The van der Waals surface area contributed by atoms with Gasteiger partial charge in [0.1, 0.15) is 12.4 Å². The zero-order valence-electron chi connectivity index (χ0n) is 18.6. The van der Waals surface area contributed by atoms with E-state index in [9.17, 15) is 19.5 Å². The van der Waals surface area contributed by atoms with Gasteiger partial charge >= 0.3 is 6.03 Å². The second kappa shape index (κ2) is 8.84. The first kappa shape index (κ1) is 22.5. The zero-order valence-corrected chi connectivity index (χ0v) is 19.3. The number of hydrogen-bond acceptors (Lipinski definition) is 5. The van der Waals surface area contributed by atoms with Gasteiger partial charge in [0, 0.05) is 29.7 Å². The summed E-state index contributed by atoms with van der Waals surface area (Å²) in [5.74, 6) is 0.115. The van der Waals surface area contributed by atoms with Crippen molar-refractivity contribution in [3.05, 3.63) is 47.2 Å². The first-order chi connectivity index (χ1) is 16.3. The lowest BCUT2D eigenvalue weighted by Crippen LogP contribution is -2.56. The Bertz CT molecular complexity index is 1120. The molecule has 11 heteroatoms. The lowest BCUT2D eigenvalue weighted by molar-refractivity contribution is -0.137. The van der Waals surface area contributed by atoms with Gasteiger partial charge in [-0.1, -0.05) is 17.7 Å². The molecule has 2 aliphatic heterocycles. The molecule has 0 unspecified atom stereocenters. The van der Waals surface area contributed by atoms with Crippen LogP contribution in [0.4, 0.5) is 16.2 Å². The second-order valence-corrected chi connectivity index (χ2v) is 9.65. The van der Waals surface area contributed by atoms with Gasteiger partial charge in [-0.25, -0.2) is 4.79 Å². The minimum Gasteiger partial charge on any atom is -0.388 e. The van der Waals surface area contributed by atoms with E-state index >= 15 is 0 Å². The van der Waals surface area contributed by atoms with Crippen molar-refractivity contribution in [1.82, 2.24) is 14.5 Å². The highest BCUT2D eigenvalue weighted by atomic mass is 35.5. The lowest BCUT2D eigenvalue weighted by atomic mass is 9.90. The number of piperidine rings is 1. The quantitative estimate of drug-likeness (QED) is 0.518. The van der Waals surface area contributed by atoms with Crippen LogP contribution < -0.4 is 16.1 Å². The van der Waals surface area contributed by atoms with Crippen LogP contribution in [0.2, 0.25) is 5.02 Å². The number of nitrogens with one attached hydrogen (secondary N) is 3. The molecule has 1 saturated carbocycles. The number of nitrogens with zero attached hydrogens (tertiary/aromatic N) is 3. The van der Waals surface area contributed by atoms with E-state index in [0.29, 0.717) is 48.0 Å². The molecule has 34 heavy (non-hydrogen) atoms. The van der Waals surface area contributed by atoms with Gasteiger partial charge in [-0.2, -0.15) is 0 Å². The number of aliphatic hydroxyl groups is 1. The number of halogens is 1. The Hall–Kier alpha value is -3.24. The molecule has 4 N–H and O–H groups in total. The van der Waals surface area contributed by atoms with Crippen LogP contribution in [-0.4, -0.2) is 69.3 Å². The molecular weight excluding hydrogens is 460 g/mol. The number of anilines is 2. The molecule has 3 heterocycles. The normalized spacial score (nSPS) is 19.3. The molecule has 180 valence electrons. The van der Waals surface area contributed by atoms with Crippen LogP contribution >= 0.6 is 11.6 Å². The number of carbonyl (C=O) groups is 3. The van der Waals surface area contributed by atoms with E-state index in [4.69, 9.17) is 11.6 Å². The van der Waals surface area contributed by atoms with E-state index in [-0.39, 0.29) is 30.9 Å². The van der Waals surface area contributed by atoms with Crippen LogP contribution in [0.3, 0.4) is 0 Å². The number of amides is 4. The topological polar surface area (TPSA) is 119 Å². The summed E-state index contributed by atoms with van der Waals surface area (Å²) in [5, 5.41) is 17.0. The first-order valence-electron chi connectivity index (χ1n) is 11.4. The molecule has 10 nitrogen and oxygen atoms in total. The number of carbonyl (C=O) groups excluding carboxylic acids is 3. The smallest absolute Gasteiger partial charge is 0.323 e. The van der Waals surface area contributed by atoms with Crippen LogP contribution in [0, 0.1) is 5.92 Å². The van der Waals surface area contributed by atoms with E-state index < -0.39 is 11.6 Å². The molecule has 1 aliphatic carbocycles. The fourth-order valence-corrected chi connectivity index (χ4v) is 4.64. The fraction of sp³-hybridized carbons (Fsp3) is 0.435. The van der Waals surface area contributed by atoms with Gasteiger partial charge in [-0.15, -0.1) is 0 Å². The average Bonchev–Trinajstić information content (AvgIpc) is 3.56. The molecule has 0 bridgehead atoms. The predicted octanol–water partition coefficient (Wildman–Crippen LogP) is 2.51. The summed E-state index contributed by atoms with van der Waals surface area (Å²) in [6.07, 6.45) is 4.43. The van der Waals surface area contributed by atoms with Crippen LogP contribution in [0.25, 0.3) is 0 Å². The molecule has 2 aromatic rings. The van der Waals surface area contributed by atoms with Crippen molar-refractivity contribution < 1.29 is 19.5 Å². The highest BCUT2D eigenvalue weighted by Crippen LogP contribution is 2.33. The Labute approximate surface area is 201 Å². The number of urea groups is 1. The summed E-state index contributed by atoms with van der Waals surface area (Å²) in [6.45, 7) is 1.41. The van der Waals surface area contributed by atoms with E-state index in [1.165, 1.54) is 0 Å². The summed E-state index contributed by atoms with van der Waals surface area (Å²) < 4.78 is 1.56. The number of aromatic nitrogens is 1. The molecule has 1 saturated heterocycles. The van der Waals surface area contributed by atoms with Crippen molar-refractivity contribution in [2.24, 2.45) is 5.92 Å². The summed E-state index contributed by atoms with van der Waals surface area (Å²) >= 11 is 5.94. The molecule has 5 rings (SSSR count). The summed E-state index contributed by atoms with van der Waals surface area (Å²) in [4.78, 5) is 41.1. The van der Waals surface area contributed by atoms with Gasteiger partial charge < -0.3 is 31.0 Å². The summed E-state index contributed by atoms with van der Waals surface area (Å²) in [5.41, 5.74) is 3.42. The first-order valence-corrected chi connectivity index (χ1v) is 11.8. The van der Waals surface area contributed by atoms with E-state index in [0.717, 1.165) is 12.8 Å². The lowest BCUT2D eigenvalue weighted by Gasteiger charge is -2.42. The monoisotopic (exact) mass is 486 g/mol. The largest absolute Gasteiger partial charge is 0.388 e. The molecule has 0 radical (unpaired) electrons. The molecule has 1 aromatic heterocycles. The maximum Gasteiger partial charge on any atom is 0.323 e. The Morgan fingerprint density at radius 3 is 2.59 bits per heavy atom. The molecular formula is C23H27ClN6O4. The maximum atomic E-state index is 13.1. The van der Waals surface area contributed by atoms with Crippen LogP contribution in [0.15, 0.2) is 36.5 Å². The van der Waals surface area contributed by atoms with Crippen molar-refractivity contribution in [3.8, 4) is 0 Å². The predicted molar refractivity (Wildman–Crippen MR) is 127 cm³/mol. The van der Waals surface area contributed by atoms with Gasteiger partial charge in [0.2, 0.25) is 5.91 Å². The van der Waals surface area contributed by atoms with Crippen molar-refractivity contribution >= 4 is 40.8 Å². The van der Waals surface area contributed by atoms with Crippen molar-refractivity contribution in [3.63, 3.8) is 0 Å². The third kappa shape index (κ3) is 4.83. The minimum absolute atomic E-state index is 0.169. The number of fused-ring (bicyclic) bond motifs is 1. The minimum atomic E-state index is -1.04. The third-order valence-electron chi connectivity index (χ3n) is 6.52. The SMILES string of the molecule is O=C(Nc1cccc(Cl)c1)Nc1cc2n(c1)NCN(CC1(O)CCN(C(=O)C3CC3)CC1)C2=O. The number of benzene rings is 1. The molecule has 3 aliphatic rings. The van der Waals surface area contributed by atoms with Crippen LogP contribution in [0.5, 0.6) is 0 Å². The number of likely N-dealkylation sites (tertiary alicyclic amines) is 1. The molecule has 4 amide bonds. The Morgan fingerprint density at radius 2 is 1.88 bits per heavy atom. The molecule has 2 fully saturated rings. The standard InChI is InChI=1S/C23H27ClN6O4/c24-16-2-1-3-17(10-16)26-22(33)27-18-11-19-21(32)29(14-25-30(19)12-18)13-23(34)6-8-28(9-7-23)20(31)15-4-5-15/h1-3,10-12,15,25,34H,4-9,13-14H2,(H2,26,27,33). The Balaban J connectivity index is 1.18. The van der Waals surface area contributed by atoms with Crippen molar-refractivity contribution in [2.75, 3.05) is 42.4 Å². The van der Waals surface area contributed by atoms with E-state index in [1.54, 1.807) is 46.1 Å². The Kier molecular flexibility index (Phi) is 5.86. The maximum absolute atomic E-state index is 13.1. The van der Waals surface area contributed by atoms with Gasteiger partial charge in [-0.3, -0.25) is 14.3 Å². The summed E-state index contributed by atoms with van der Waals surface area (Å²) in [7, 11) is 0. The highest BCUT2D eigenvalue weighted by molar-refractivity contribution is 6.30. The van der Waals surface area contributed by atoms with Gasteiger partial charge in [0.05, 0.1) is 24.0 Å². The second-order valence-electron chi connectivity index (χ2n) is 9.22. The van der Waals surface area contributed by atoms with Gasteiger partial charge in [0.25, 0.3) is 5.91 Å². The number of hydrogen-bond donors (Lipinski definition) is 4. The number of β-amino-alcohol motifs (C(OH)–C–C–N with tert-alkyl or cyclic N) is 1. The average molecular weight is 487 g/mol. The Morgan fingerprint density at radius 1 is 1.15 bits per heavy atom. The number of rotatable bonds is 5. The highest BCUT2D eigenvalue weighted by Gasteiger charge is 2.41. The zero-order chi connectivity index (χ0) is 23.9. The van der Waals surface area contributed by atoms with Gasteiger partial charge in [-0.05, 0) is 49.9 Å². The van der Waals surface area contributed by atoms with Crippen molar-refractivity contribution in [1.29, 1.82) is 0 Å². The molecule has 1 aromatic carbocycles. The molecule has 0 spiro atoms. The third-order valence-corrected chi connectivity index (χ3v) is 6.75. The van der Waals surface area contributed by atoms with Crippen LogP contribution in [-0.2, 0) is 4.79 Å². The van der Waals surface area contributed by atoms with E-state index in [2.05, 4.69) is 16.1 Å². The summed E-state index contributed by atoms with van der Waals surface area (Å²) in [6, 6.07) is 7.91. The fourth-order valence-electron chi connectivity index (χ4n) is 4.45. The van der Waals surface area contributed by atoms with Crippen molar-refractivity contribution in [2.45, 2.75) is 31.3 Å². The molecule has 0 atom stereocenters. The van der Waals surface area contributed by atoms with E-state index in [1.807, 2.05) is 4.90 Å².